The number of halogens is 1. The number of hydrogen-bond donors (Lipinski definition) is 0. The van der Waals surface area contributed by atoms with Gasteiger partial charge < -0.3 is 9.47 Å². The molecule has 0 aromatic carbocycles. The van der Waals surface area contributed by atoms with Crippen LogP contribution < -0.4 is 0 Å². The SMILES string of the molecule is C=C(COC(CC)CC(C)(C)Br)C(=O)OCC. The van der Waals surface area contributed by atoms with Crippen LogP contribution in [0.5, 0.6) is 0 Å². The van der Waals surface area contributed by atoms with Crippen molar-refractivity contribution in [3.05, 3.63) is 12.2 Å². The van der Waals surface area contributed by atoms with Gasteiger partial charge in [-0.05, 0) is 33.6 Å². The van der Waals surface area contributed by atoms with Crippen LogP contribution in [-0.4, -0.2) is 29.6 Å². The monoisotopic (exact) mass is 306 g/mol. The summed E-state index contributed by atoms with van der Waals surface area (Å²) in [4.78, 5) is 11.3. The Balaban J connectivity index is 4.07. The van der Waals surface area contributed by atoms with Crippen molar-refractivity contribution >= 4 is 21.9 Å². The van der Waals surface area contributed by atoms with Crippen LogP contribution in [0.3, 0.4) is 0 Å². The molecule has 0 aliphatic heterocycles. The molecule has 0 fully saturated rings. The zero-order valence-electron chi connectivity index (χ0n) is 11.2. The summed E-state index contributed by atoms with van der Waals surface area (Å²) in [5, 5.41) is 0. The summed E-state index contributed by atoms with van der Waals surface area (Å²) in [5.41, 5.74) is 0.373. The fourth-order valence-electron chi connectivity index (χ4n) is 1.37. The van der Waals surface area contributed by atoms with Crippen LogP contribution in [-0.2, 0) is 14.3 Å². The lowest BCUT2D eigenvalue weighted by molar-refractivity contribution is -0.139. The molecule has 0 saturated carbocycles. The van der Waals surface area contributed by atoms with Crippen molar-refractivity contribution in [3.8, 4) is 0 Å². The summed E-state index contributed by atoms with van der Waals surface area (Å²) >= 11 is 3.59. The van der Waals surface area contributed by atoms with Crippen molar-refractivity contribution in [2.75, 3.05) is 13.2 Å². The largest absolute Gasteiger partial charge is 0.463 e. The van der Waals surface area contributed by atoms with Crippen molar-refractivity contribution < 1.29 is 14.3 Å². The molecule has 0 radical (unpaired) electrons. The molecule has 0 aliphatic carbocycles. The van der Waals surface area contributed by atoms with E-state index in [9.17, 15) is 4.79 Å². The molecule has 0 rings (SSSR count). The van der Waals surface area contributed by atoms with E-state index in [4.69, 9.17) is 9.47 Å². The quantitative estimate of drug-likeness (QED) is 0.391. The Labute approximate surface area is 113 Å². The normalized spacial score (nSPS) is 13.2. The van der Waals surface area contributed by atoms with Crippen LogP contribution in [0.15, 0.2) is 12.2 Å². The van der Waals surface area contributed by atoms with Gasteiger partial charge in [-0.1, -0.05) is 29.4 Å². The van der Waals surface area contributed by atoms with E-state index in [2.05, 4.69) is 43.3 Å². The van der Waals surface area contributed by atoms with E-state index in [1.54, 1.807) is 6.92 Å². The summed E-state index contributed by atoms with van der Waals surface area (Å²) < 4.78 is 10.5. The molecule has 0 aliphatic rings. The van der Waals surface area contributed by atoms with E-state index in [1.165, 1.54) is 0 Å². The van der Waals surface area contributed by atoms with Gasteiger partial charge in [0, 0.05) is 4.32 Å². The van der Waals surface area contributed by atoms with E-state index in [0.717, 1.165) is 12.8 Å². The molecule has 0 bridgehead atoms. The average Bonchev–Trinajstić information content (AvgIpc) is 2.22. The predicted octanol–water partition coefficient (Wildman–Crippen LogP) is 3.46. The maximum absolute atomic E-state index is 11.3. The molecule has 4 heteroatoms. The predicted molar refractivity (Wildman–Crippen MR) is 73.4 cm³/mol. The molecule has 0 aromatic heterocycles. The molecule has 100 valence electrons. The van der Waals surface area contributed by atoms with Gasteiger partial charge in [0.25, 0.3) is 0 Å². The molecular formula is C13H23BrO3. The number of carbonyl (C=O) groups excluding carboxylic acids is 1. The zero-order valence-corrected chi connectivity index (χ0v) is 12.8. The minimum absolute atomic E-state index is 0.0406. The van der Waals surface area contributed by atoms with E-state index < -0.39 is 0 Å². The van der Waals surface area contributed by atoms with E-state index in [1.807, 2.05) is 0 Å². The first-order valence-electron chi connectivity index (χ1n) is 5.95. The molecule has 1 unspecified atom stereocenters. The Morgan fingerprint density at radius 1 is 1.41 bits per heavy atom. The minimum atomic E-state index is -0.375. The molecule has 0 spiro atoms. The van der Waals surface area contributed by atoms with Crippen LogP contribution in [0, 0.1) is 0 Å². The molecule has 17 heavy (non-hydrogen) atoms. The fraction of sp³-hybridized carbons (Fsp3) is 0.769. The molecule has 0 heterocycles. The third-order valence-electron chi connectivity index (χ3n) is 2.23. The standard InChI is InChI=1S/C13H23BrO3/c1-6-11(8-13(4,5)14)17-9-10(3)12(15)16-7-2/h11H,3,6-9H2,1-2,4-5H3. The van der Waals surface area contributed by atoms with Crippen LogP contribution in [0.2, 0.25) is 0 Å². The summed E-state index contributed by atoms with van der Waals surface area (Å²) in [6.07, 6.45) is 1.92. The lowest BCUT2D eigenvalue weighted by Crippen LogP contribution is -2.24. The number of rotatable bonds is 8. The highest BCUT2D eigenvalue weighted by molar-refractivity contribution is 9.10. The van der Waals surface area contributed by atoms with Crippen molar-refractivity contribution in [2.45, 2.75) is 51.0 Å². The zero-order chi connectivity index (χ0) is 13.5. The third-order valence-corrected chi connectivity index (χ3v) is 2.55. The maximum atomic E-state index is 11.3. The van der Waals surface area contributed by atoms with Crippen molar-refractivity contribution in [3.63, 3.8) is 0 Å². The van der Waals surface area contributed by atoms with E-state index in [0.29, 0.717) is 12.2 Å². The first kappa shape index (κ1) is 16.6. The lowest BCUT2D eigenvalue weighted by Gasteiger charge is -2.24. The molecule has 3 nitrogen and oxygen atoms in total. The summed E-state index contributed by atoms with van der Waals surface area (Å²) in [7, 11) is 0. The summed E-state index contributed by atoms with van der Waals surface area (Å²) in [6, 6.07) is 0. The highest BCUT2D eigenvalue weighted by atomic mass is 79.9. The van der Waals surface area contributed by atoms with Crippen LogP contribution in [0.1, 0.15) is 40.5 Å². The van der Waals surface area contributed by atoms with E-state index in [-0.39, 0.29) is 23.0 Å². The Morgan fingerprint density at radius 2 is 2.00 bits per heavy atom. The highest BCUT2D eigenvalue weighted by Crippen LogP contribution is 2.25. The van der Waals surface area contributed by atoms with Gasteiger partial charge in [-0.25, -0.2) is 4.79 Å². The van der Waals surface area contributed by atoms with Gasteiger partial charge in [-0.2, -0.15) is 0 Å². The lowest BCUT2D eigenvalue weighted by atomic mass is 10.0. The third kappa shape index (κ3) is 8.38. The van der Waals surface area contributed by atoms with Crippen molar-refractivity contribution in [1.82, 2.24) is 0 Å². The van der Waals surface area contributed by atoms with Gasteiger partial charge in [-0.3, -0.25) is 0 Å². The number of esters is 1. The van der Waals surface area contributed by atoms with Gasteiger partial charge in [0.15, 0.2) is 0 Å². The van der Waals surface area contributed by atoms with Gasteiger partial charge in [-0.15, -0.1) is 0 Å². The van der Waals surface area contributed by atoms with Gasteiger partial charge in [0.2, 0.25) is 0 Å². The molecule has 0 N–H and O–H groups in total. The minimum Gasteiger partial charge on any atom is -0.463 e. The molecule has 0 aromatic rings. The highest BCUT2D eigenvalue weighted by Gasteiger charge is 2.20. The first-order valence-corrected chi connectivity index (χ1v) is 6.74. The van der Waals surface area contributed by atoms with Crippen LogP contribution >= 0.6 is 15.9 Å². The number of carbonyl (C=O) groups is 1. The molecule has 0 saturated heterocycles. The maximum Gasteiger partial charge on any atom is 0.335 e. The number of hydrogen-bond acceptors (Lipinski definition) is 3. The average molecular weight is 307 g/mol. The number of ether oxygens (including phenoxy) is 2. The Morgan fingerprint density at radius 3 is 2.41 bits per heavy atom. The topological polar surface area (TPSA) is 35.5 Å². The van der Waals surface area contributed by atoms with Gasteiger partial charge in [0.05, 0.1) is 24.9 Å². The molecular weight excluding hydrogens is 284 g/mol. The summed E-state index contributed by atoms with van der Waals surface area (Å²) in [5.74, 6) is -0.375. The second-order valence-electron chi connectivity index (χ2n) is 4.59. The van der Waals surface area contributed by atoms with Crippen molar-refractivity contribution in [2.24, 2.45) is 0 Å². The van der Waals surface area contributed by atoms with Gasteiger partial charge >= 0.3 is 5.97 Å². The Hall–Kier alpha value is -0.350. The molecule has 0 amide bonds. The number of alkyl halides is 1. The van der Waals surface area contributed by atoms with Crippen molar-refractivity contribution in [1.29, 1.82) is 0 Å². The van der Waals surface area contributed by atoms with Crippen LogP contribution in [0.4, 0.5) is 0 Å². The van der Waals surface area contributed by atoms with E-state index >= 15 is 0 Å². The Bertz CT molecular complexity index is 256. The Kier molecular flexibility index (Phi) is 7.71. The summed E-state index contributed by atoms with van der Waals surface area (Å²) in [6.45, 7) is 12.3. The second kappa shape index (κ2) is 7.88. The van der Waals surface area contributed by atoms with Gasteiger partial charge in [0.1, 0.15) is 0 Å². The smallest absolute Gasteiger partial charge is 0.335 e. The molecule has 1 atom stereocenters. The first-order chi connectivity index (χ1) is 7.80. The van der Waals surface area contributed by atoms with Crippen LogP contribution in [0.25, 0.3) is 0 Å². The fourth-order valence-corrected chi connectivity index (χ4v) is 1.73. The second-order valence-corrected chi connectivity index (χ2v) is 6.73.